The molecule has 0 bridgehead atoms. The van der Waals surface area contributed by atoms with E-state index < -0.39 is 10.8 Å². The number of hydrogen-bond donors (Lipinski definition) is 0. The van der Waals surface area contributed by atoms with Gasteiger partial charge >= 0.3 is 0 Å². The average molecular weight is 337 g/mol. The van der Waals surface area contributed by atoms with Gasteiger partial charge in [-0.05, 0) is 25.1 Å². The summed E-state index contributed by atoms with van der Waals surface area (Å²) in [4.78, 5) is 17.6. The van der Waals surface area contributed by atoms with E-state index in [0.717, 1.165) is 44.0 Å². The van der Waals surface area contributed by atoms with Gasteiger partial charge in [0.2, 0.25) is 5.91 Å². The molecule has 0 spiro atoms. The number of carbonyl (C=O) groups excluding carboxylic acids is 1. The minimum atomic E-state index is -0.945. The van der Waals surface area contributed by atoms with Crippen LogP contribution in [0.15, 0.2) is 35.2 Å². The Balaban J connectivity index is 1.82. The van der Waals surface area contributed by atoms with Crippen LogP contribution in [-0.4, -0.2) is 58.4 Å². The van der Waals surface area contributed by atoms with E-state index in [2.05, 4.69) is 4.90 Å². The van der Waals surface area contributed by atoms with Crippen LogP contribution >= 0.6 is 0 Å². The third kappa shape index (κ3) is 5.43. The molecule has 5 heteroatoms. The molecule has 0 unspecified atom stereocenters. The highest BCUT2D eigenvalue weighted by Crippen LogP contribution is 2.18. The number of hydrogen-bond acceptors (Lipinski definition) is 3. The highest BCUT2D eigenvalue weighted by atomic mass is 32.2. The normalized spacial score (nSPS) is 18.5. The lowest BCUT2D eigenvalue weighted by Gasteiger charge is -2.28. The Morgan fingerprint density at radius 1 is 1.09 bits per heavy atom. The van der Waals surface area contributed by atoms with Gasteiger partial charge in [0, 0.05) is 42.2 Å². The minimum absolute atomic E-state index is 0.229. The Hall–Kier alpha value is -1.20. The minimum Gasteiger partial charge on any atom is -0.341 e. The quantitative estimate of drug-likeness (QED) is 0.847. The maximum absolute atomic E-state index is 12.4. The first-order valence-corrected chi connectivity index (χ1v) is 9.65. The Labute approximate surface area is 142 Å². The second kappa shape index (κ2) is 8.06. The third-order valence-corrected chi connectivity index (χ3v) is 5.47. The predicted octanol–water partition coefficient (Wildman–Crippen LogP) is 2.37. The van der Waals surface area contributed by atoms with E-state index in [-0.39, 0.29) is 11.3 Å². The molecule has 4 nitrogen and oxygen atoms in total. The van der Waals surface area contributed by atoms with Crippen molar-refractivity contribution in [2.75, 3.05) is 38.5 Å². The average Bonchev–Trinajstić information content (AvgIpc) is 2.77. The van der Waals surface area contributed by atoms with Gasteiger partial charge in [-0.2, -0.15) is 0 Å². The van der Waals surface area contributed by atoms with Crippen molar-refractivity contribution < 1.29 is 9.00 Å². The number of rotatable bonds is 4. The van der Waals surface area contributed by atoms with Crippen molar-refractivity contribution in [1.29, 1.82) is 0 Å². The van der Waals surface area contributed by atoms with Crippen LogP contribution in [0.3, 0.4) is 0 Å². The van der Waals surface area contributed by atoms with Crippen molar-refractivity contribution in [3.63, 3.8) is 0 Å². The van der Waals surface area contributed by atoms with Gasteiger partial charge in [0.05, 0.1) is 10.8 Å². The molecular formula is C18H28N2O2S. The SMILES string of the molecule is CC(C)(C)C(=O)N1CCCN(CC[S@](=O)c2ccccc2)CC1. The molecule has 1 aliphatic heterocycles. The summed E-state index contributed by atoms with van der Waals surface area (Å²) in [5, 5.41) is 0. The fourth-order valence-electron chi connectivity index (χ4n) is 2.77. The van der Waals surface area contributed by atoms with Crippen molar-refractivity contribution in [2.24, 2.45) is 5.41 Å². The maximum Gasteiger partial charge on any atom is 0.227 e. The van der Waals surface area contributed by atoms with Crippen LogP contribution in [-0.2, 0) is 15.6 Å². The van der Waals surface area contributed by atoms with E-state index in [1.807, 2.05) is 56.0 Å². The lowest BCUT2D eigenvalue weighted by molar-refractivity contribution is -0.139. The lowest BCUT2D eigenvalue weighted by Crippen LogP contribution is -2.41. The summed E-state index contributed by atoms with van der Waals surface area (Å²) in [7, 11) is -0.945. The van der Waals surface area contributed by atoms with Gasteiger partial charge in [-0.25, -0.2) is 0 Å². The summed E-state index contributed by atoms with van der Waals surface area (Å²) in [6.07, 6.45) is 0.986. The predicted molar refractivity (Wildman–Crippen MR) is 94.8 cm³/mol. The summed E-state index contributed by atoms with van der Waals surface area (Å²) in [5.74, 6) is 0.879. The number of carbonyl (C=O) groups is 1. The molecule has 1 aromatic carbocycles. The van der Waals surface area contributed by atoms with E-state index in [1.54, 1.807) is 0 Å². The molecule has 0 N–H and O–H groups in total. The number of benzene rings is 1. The van der Waals surface area contributed by atoms with Crippen molar-refractivity contribution in [3.8, 4) is 0 Å². The molecule has 0 saturated carbocycles. The fraction of sp³-hybridized carbons (Fsp3) is 0.611. The van der Waals surface area contributed by atoms with Crippen LogP contribution in [0.4, 0.5) is 0 Å². The Bertz CT molecular complexity index is 540. The summed E-state index contributed by atoms with van der Waals surface area (Å²) in [6.45, 7) is 10.2. The zero-order valence-electron chi connectivity index (χ0n) is 14.5. The molecule has 1 fully saturated rings. The zero-order chi connectivity index (χ0) is 16.9. The molecule has 2 rings (SSSR count). The smallest absolute Gasteiger partial charge is 0.227 e. The second-order valence-corrected chi connectivity index (χ2v) is 8.67. The first kappa shape index (κ1) is 18.1. The molecule has 1 aromatic rings. The van der Waals surface area contributed by atoms with Gasteiger partial charge in [-0.15, -0.1) is 0 Å². The van der Waals surface area contributed by atoms with Crippen LogP contribution in [0.25, 0.3) is 0 Å². The summed E-state index contributed by atoms with van der Waals surface area (Å²) in [5.41, 5.74) is -0.315. The summed E-state index contributed by atoms with van der Waals surface area (Å²) < 4.78 is 12.3. The van der Waals surface area contributed by atoms with E-state index in [4.69, 9.17) is 0 Å². The summed E-state index contributed by atoms with van der Waals surface area (Å²) in [6, 6.07) is 9.63. The van der Waals surface area contributed by atoms with Gasteiger partial charge < -0.3 is 9.80 Å². The maximum atomic E-state index is 12.4. The van der Waals surface area contributed by atoms with Gasteiger partial charge in [0.1, 0.15) is 0 Å². The molecule has 0 aliphatic carbocycles. The van der Waals surface area contributed by atoms with E-state index in [0.29, 0.717) is 5.75 Å². The molecule has 1 aliphatic rings. The van der Waals surface area contributed by atoms with Crippen molar-refractivity contribution in [2.45, 2.75) is 32.1 Å². The fourth-order valence-corrected chi connectivity index (χ4v) is 3.89. The largest absolute Gasteiger partial charge is 0.341 e. The molecule has 1 saturated heterocycles. The van der Waals surface area contributed by atoms with Crippen LogP contribution in [0.1, 0.15) is 27.2 Å². The van der Waals surface area contributed by atoms with Crippen LogP contribution in [0.2, 0.25) is 0 Å². The first-order chi connectivity index (χ1) is 10.9. The molecule has 1 atom stereocenters. The highest BCUT2D eigenvalue weighted by Gasteiger charge is 2.28. The Morgan fingerprint density at radius 2 is 1.78 bits per heavy atom. The van der Waals surface area contributed by atoms with Crippen molar-refractivity contribution in [1.82, 2.24) is 9.80 Å². The second-order valence-electron chi connectivity index (χ2n) is 7.10. The van der Waals surface area contributed by atoms with E-state index >= 15 is 0 Å². The number of amides is 1. The van der Waals surface area contributed by atoms with Gasteiger partial charge in [0.15, 0.2) is 0 Å². The van der Waals surface area contributed by atoms with Crippen LogP contribution in [0.5, 0.6) is 0 Å². The van der Waals surface area contributed by atoms with Crippen molar-refractivity contribution >= 4 is 16.7 Å². The van der Waals surface area contributed by atoms with E-state index in [1.165, 1.54) is 0 Å². The zero-order valence-corrected chi connectivity index (χ0v) is 15.3. The topological polar surface area (TPSA) is 40.6 Å². The Kier molecular flexibility index (Phi) is 6.36. The molecule has 0 aromatic heterocycles. The highest BCUT2D eigenvalue weighted by molar-refractivity contribution is 7.85. The molecule has 1 heterocycles. The first-order valence-electron chi connectivity index (χ1n) is 8.33. The van der Waals surface area contributed by atoms with Crippen LogP contribution < -0.4 is 0 Å². The lowest BCUT2D eigenvalue weighted by atomic mass is 9.94. The molecule has 1 amide bonds. The molecular weight excluding hydrogens is 308 g/mol. The van der Waals surface area contributed by atoms with Gasteiger partial charge in [-0.3, -0.25) is 9.00 Å². The standard InChI is InChI=1S/C18H28N2O2S/c1-18(2,3)17(21)20-11-7-10-19(12-13-20)14-15-23(22)16-8-5-4-6-9-16/h4-6,8-9H,7,10-15H2,1-3H3/t23-/m0/s1. The van der Waals surface area contributed by atoms with Gasteiger partial charge in [0.25, 0.3) is 0 Å². The van der Waals surface area contributed by atoms with Gasteiger partial charge in [-0.1, -0.05) is 39.0 Å². The number of nitrogens with zero attached hydrogens (tertiary/aromatic N) is 2. The molecule has 128 valence electrons. The monoisotopic (exact) mass is 336 g/mol. The van der Waals surface area contributed by atoms with Crippen molar-refractivity contribution in [3.05, 3.63) is 30.3 Å². The van der Waals surface area contributed by atoms with E-state index in [9.17, 15) is 9.00 Å². The Morgan fingerprint density at radius 3 is 2.43 bits per heavy atom. The molecule has 23 heavy (non-hydrogen) atoms. The molecule has 0 radical (unpaired) electrons. The third-order valence-electron chi connectivity index (χ3n) is 4.12. The van der Waals surface area contributed by atoms with Crippen LogP contribution in [0, 0.1) is 5.41 Å². The summed E-state index contributed by atoms with van der Waals surface area (Å²) >= 11 is 0.